The lowest BCUT2D eigenvalue weighted by Gasteiger charge is -2.05. The number of carbonyl (C=O) groups excluding carboxylic acids is 1. The maximum absolute atomic E-state index is 12.2. The maximum atomic E-state index is 12.2. The van der Waals surface area contributed by atoms with Gasteiger partial charge in [-0.2, -0.15) is 5.10 Å². The Balaban J connectivity index is 2.06. The predicted molar refractivity (Wildman–Crippen MR) is 90.0 cm³/mol. The van der Waals surface area contributed by atoms with Crippen LogP contribution in [0.1, 0.15) is 17.3 Å². The molecule has 24 heavy (non-hydrogen) atoms. The lowest BCUT2D eigenvalue weighted by molar-refractivity contribution is 0.0529. The average Bonchev–Trinajstić information content (AvgIpc) is 3.25. The van der Waals surface area contributed by atoms with Gasteiger partial charge in [-0.25, -0.2) is 4.79 Å². The van der Waals surface area contributed by atoms with E-state index in [1.807, 2.05) is 24.3 Å². The summed E-state index contributed by atoms with van der Waals surface area (Å²) >= 11 is 0. The van der Waals surface area contributed by atoms with Gasteiger partial charge in [-0.15, -0.1) is 0 Å². The first-order valence-corrected chi connectivity index (χ1v) is 7.53. The normalized spacial score (nSPS) is 11.2. The lowest BCUT2D eigenvalue weighted by atomic mass is 10.0. The van der Waals surface area contributed by atoms with Crippen LogP contribution in [0.25, 0.3) is 33.1 Å². The largest absolute Gasteiger partial charge is 0.462 e. The van der Waals surface area contributed by atoms with Crippen molar-refractivity contribution in [3.63, 3.8) is 0 Å². The second-order valence-corrected chi connectivity index (χ2v) is 5.35. The molecule has 0 saturated carbocycles. The predicted octanol–water partition coefficient (Wildman–Crippen LogP) is 2.58. The van der Waals surface area contributed by atoms with Crippen LogP contribution < -0.4 is 5.56 Å². The van der Waals surface area contributed by atoms with Crippen LogP contribution in [0.3, 0.4) is 0 Å². The van der Waals surface area contributed by atoms with E-state index in [9.17, 15) is 9.59 Å². The molecule has 0 aliphatic carbocycles. The van der Waals surface area contributed by atoms with Gasteiger partial charge in [0.15, 0.2) is 0 Å². The molecule has 3 heterocycles. The van der Waals surface area contributed by atoms with E-state index in [0.29, 0.717) is 22.0 Å². The number of esters is 1. The molecule has 0 amide bonds. The molecule has 3 N–H and O–H groups in total. The summed E-state index contributed by atoms with van der Waals surface area (Å²) < 4.78 is 5.10. The number of aromatic amines is 3. The zero-order valence-corrected chi connectivity index (χ0v) is 12.8. The van der Waals surface area contributed by atoms with E-state index >= 15 is 0 Å². The molecule has 4 rings (SSSR count). The van der Waals surface area contributed by atoms with Crippen molar-refractivity contribution in [2.75, 3.05) is 6.61 Å². The number of carbonyl (C=O) groups is 1. The number of ether oxygens (including phenoxy) is 1. The highest BCUT2D eigenvalue weighted by Crippen LogP contribution is 2.29. The Labute approximate surface area is 135 Å². The minimum atomic E-state index is -0.458. The van der Waals surface area contributed by atoms with Crippen LogP contribution in [-0.2, 0) is 4.74 Å². The van der Waals surface area contributed by atoms with E-state index in [0.717, 1.165) is 16.6 Å². The van der Waals surface area contributed by atoms with E-state index in [-0.39, 0.29) is 12.2 Å². The lowest BCUT2D eigenvalue weighted by Crippen LogP contribution is -2.08. The van der Waals surface area contributed by atoms with Crippen molar-refractivity contribution in [3.05, 3.63) is 52.6 Å². The number of rotatable bonds is 3. The number of nitrogens with zero attached hydrogens (tertiary/aromatic N) is 1. The maximum Gasteiger partial charge on any atom is 0.340 e. The smallest absolute Gasteiger partial charge is 0.340 e. The quantitative estimate of drug-likeness (QED) is 0.504. The molecule has 0 aliphatic rings. The van der Waals surface area contributed by atoms with Gasteiger partial charge < -0.3 is 14.7 Å². The summed E-state index contributed by atoms with van der Waals surface area (Å²) in [7, 11) is 0. The molecular weight excluding hydrogens is 308 g/mol. The number of H-pyrrole nitrogens is 3. The first kappa shape index (κ1) is 14.3. The summed E-state index contributed by atoms with van der Waals surface area (Å²) in [5, 5.41) is 8.26. The van der Waals surface area contributed by atoms with Gasteiger partial charge in [0.1, 0.15) is 5.52 Å². The van der Waals surface area contributed by atoms with E-state index in [2.05, 4.69) is 20.2 Å². The molecule has 1 aromatic carbocycles. The number of nitrogens with one attached hydrogen (secondary N) is 3. The number of pyridine rings is 1. The Bertz CT molecular complexity index is 1110. The molecule has 4 aromatic rings. The van der Waals surface area contributed by atoms with Crippen LogP contribution in [0.5, 0.6) is 0 Å². The zero-order chi connectivity index (χ0) is 16.7. The van der Waals surface area contributed by atoms with Crippen LogP contribution in [0.4, 0.5) is 0 Å². The Hall–Kier alpha value is -3.35. The van der Waals surface area contributed by atoms with E-state index in [1.54, 1.807) is 13.1 Å². The fraction of sp³-hybridized carbons (Fsp3) is 0.118. The van der Waals surface area contributed by atoms with Crippen molar-refractivity contribution in [3.8, 4) is 11.3 Å². The average molecular weight is 322 g/mol. The SMILES string of the molecule is CCOC(=O)c1c[nH]c2c(=O)[nH]c3ccc(-c4cc[nH]n4)cc3c12. The first-order valence-electron chi connectivity index (χ1n) is 7.53. The molecule has 0 aliphatic heterocycles. The minimum Gasteiger partial charge on any atom is -0.462 e. The summed E-state index contributed by atoms with van der Waals surface area (Å²) in [6, 6.07) is 7.44. The van der Waals surface area contributed by atoms with Gasteiger partial charge in [0, 0.05) is 34.2 Å². The van der Waals surface area contributed by atoms with Gasteiger partial charge in [-0.1, -0.05) is 6.07 Å². The minimum absolute atomic E-state index is 0.269. The molecule has 0 radical (unpaired) electrons. The van der Waals surface area contributed by atoms with Crippen LogP contribution in [0.2, 0.25) is 0 Å². The Morgan fingerprint density at radius 3 is 2.92 bits per heavy atom. The van der Waals surface area contributed by atoms with E-state index in [4.69, 9.17) is 4.74 Å². The van der Waals surface area contributed by atoms with E-state index < -0.39 is 5.97 Å². The molecule has 0 atom stereocenters. The first-order chi connectivity index (χ1) is 11.7. The molecule has 120 valence electrons. The Kier molecular flexibility index (Phi) is 3.19. The van der Waals surface area contributed by atoms with Crippen molar-refractivity contribution in [1.29, 1.82) is 0 Å². The van der Waals surface area contributed by atoms with Crippen molar-refractivity contribution in [2.45, 2.75) is 6.92 Å². The molecule has 0 bridgehead atoms. The molecule has 0 saturated heterocycles. The summed E-state index contributed by atoms with van der Waals surface area (Å²) in [5.74, 6) is -0.458. The topological polar surface area (TPSA) is 104 Å². The Morgan fingerprint density at radius 2 is 2.17 bits per heavy atom. The van der Waals surface area contributed by atoms with Gasteiger partial charge in [0.2, 0.25) is 0 Å². The van der Waals surface area contributed by atoms with Crippen LogP contribution >= 0.6 is 0 Å². The van der Waals surface area contributed by atoms with E-state index in [1.165, 1.54) is 6.20 Å². The van der Waals surface area contributed by atoms with Crippen molar-refractivity contribution >= 4 is 27.8 Å². The molecule has 7 nitrogen and oxygen atoms in total. The molecule has 7 heteroatoms. The molecular formula is C17H14N4O3. The summed E-state index contributed by atoms with van der Waals surface area (Å²) in [5.41, 5.74) is 2.74. The highest BCUT2D eigenvalue weighted by molar-refractivity contribution is 6.15. The number of fused-ring (bicyclic) bond motifs is 3. The van der Waals surface area contributed by atoms with Crippen LogP contribution in [0.15, 0.2) is 41.5 Å². The summed E-state index contributed by atoms with van der Waals surface area (Å²) in [6.45, 7) is 2.01. The van der Waals surface area contributed by atoms with Gasteiger partial charge in [0.05, 0.1) is 17.9 Å². The van der Waals surface area contributed by atoms with Crippen molar-refractivity contribution in [2.24, 2.45) is 0 Å². The Morgan fingerprint density at radius 1 is 1.29 bits per heavy atom. The number of aromatic nitrogens is 4. The van der Waals surface area contributed by atoms with Gasteiger partial charge in [0.25, 0.3) is 5.56 Å². The third-order valence-electron chi connectivity index (χ3n) is 3.94. The zero-order valence-electron chi connectivity index (χ0n) is 12.8. The number of hydrogen-bond donors (Lipinski definition) is 3. The second-order valence-electron chi connectivity index (χ2n) is 5.35. The van der Waals surface area contributed by atoms with Crippen LogP contribution in [0, 0.1) is 0 Å². The molecule has 0 unspecified atom stereocenters. The number of hydrogen-bond acceptors (Lipinski definition) is 4. The molecule has 3 aromatic heterocycles. The highest BCUT2D eigenvalue weighted by Gasteiger charge is 2.18. The van der Waals surface area contributed by atoms with Gasteiger partial charge in [-0.05, 0) is 25.1 Å². The third-order valence-corrected chi connectivity index (χ3v) is 3.94. The second kappa shape index (κ2) is 5.38. The molecule has 0 fully saturated rings. The van der Waals surface area contributed by atoms with Crippen molar-refractivity contribution in [1.82, 2.24) is 20.2 Å². The monoisotopic (exact) mass is 322 g/mol. The standard InChI is InChI=1S/C17H14N4O3/c1-2-24-17(23)11-8-18-15-14(11)10-7-9(12-5-6-19-21-12)3-4-13(10)20-16(15)22/h3-8,18H,2H2,1H3,(H,19,21)(H,20,22). The summed E-state index contributed by atoms with van der Waals surface area (Å²) in [4.78, 5) is 30.2. The van der Waals surface area contributed by atoms with Crippen LogP contribution in [-0.4, -0.2) is 32.7 Å². The third kappa shape index (κ3) is 2.10. The fourth-order valence-corrected chi connectivity index (χ4v) is 2.88. The number of benzene rings is 1. The summed E-state index contributed by atoms with van der Waals surface area (Å²) in [6.07, 6.45) is 3.25. The fourth-order valence-electron chi connectivity index (χ4n) is 2.88. The van der Waals surface area contributed by atoms with Crippen molar-refractivity contribution < 1.29 is 9.53 Å². The highest BCUT2D eigenvalue weighted by atomic mass is 16.5. The van der Waals surface area contributed by atoms with Gasteiger partial charge >= 0.3 is 5.97 Å². The molecule has 0 spiro atoms. The van der Waals surface area contributed by atoms with Gasteiger partial charge in [-0.3, -0.25) is 9.89 Å².